The van der Waals surface area contributed by atoms with Crippen molar-refractivity contribution in [2.75, 3.05) is 34.4 Å². The Morgan fingerprint density at radius 1 is 1.28 bits per heavy atom. The number of hydrogen-bond acceptors (Lipinski definition) is 4. The number of methoxy groups -OCH3 is 2. The van der Waals surface area contributed by atoms with Gasteiger partial charge in [0.1, 0.15) is 5.75 Å². The fourth-order valence-corrected chi connectivity index (χ4v) is 1.90. The first-order valence-electron chi connectivity index (χ1n) is 6.24. The Labute approximate surface area is 110 Å². The van der Waals surface area contributed by atoms with Crippen molar-refractivity contribution in [2.24, 2.45) is 5.73 Å². The predicted molar refractivity (Wildman–Crippen MR) is 73.8 cm³/mol. The molecule has 0 spiro atoms. The third-order valence-corrected chi connectivity index (χ3v) is 3.06. The molecule has 0 aliphatic heterocycles. The summed E-state index contributed by atoms with van der Waals surface area (Å²) in [5, 5.41) is 0. The van der Waals surface area contributed by atoms with Crippen LogP contribution in [0.4, 0.5) is 0 Å². The molecule has 1 atom stereocenters. The van der Waals surface area contributed by atoms with E-state index in [2.05, 4.69) is 18.0 Å². The molecule has 4 nitrogen and oxygen atoms in total. The molecule has 1 unspecified atom stereocenters. The van der Waals surface area contributed by atoms with Gasteiger partial charge in [0, 0.05) is 32.3 Å². The number of rotatable bonds is 8. The highest BCUT2D eigenvalue weighted by Gasteiger charge is 2.09. The zero-order valence-corrected chi connectivity index (χ0v) is 11.6. The van der Waals surface area contributed by atoms with Gasteiger partial charge in [0.25, 0.3) is 0 Å². The fraction of sp³-hybridized carbons (Fsp3) is 0.571. The Morgan fingerprint density at radius 2 is 2.00 bits per heavy atom. The maximum absolute atomic E-state index is 5.60. The SMILES string of the molecule is COc1ccccc1CN(C)CCC(CN)OC. The van der Waals surface area contributed by atoms with Crippen LogP contribution in [0.25, 0.3) is 0 Å². The van der Waals surface area contributed by atoms with E-state index in [0.29, 0.717) is 6.54 Å². The highest BCUT2D eigenvalue weighted by molar-refractivity contribution is 5.32. The van der Waals surface area contributed by atoms with Crippen LogP contribution in [0, 0.1) is 0 Å². The highest BCUT2D eigenvalue weighted by Crippen LogP contribution is 2.18. The van der Waals surface area contributed by atoms with Crippen LogP contribution in [0.15, 0.2) is 24.3 Å². The van der Waals surface area contributed by atoms with Crippen LogP contribution >= 0.6 is 0 Å². The van der Waals surface area contributed by atoms with Crippen LogP contribution in [-0.4, -0.2) is 45.4 Å². The van der Waals surface area contributed by atoms with Crippen molar-refractivity contribution in [3.8, 4) is 5.75 Å². The smallest absolute Gasteiger partial charge is 0.123 e. The molecule has 0 aliphatic rings. The summed E-state index contributed by atoms with van der Waals surface area (Å²) in [6, 6.07) is 8.09. The number of nitrogens with two attached hydrogens (primary N) is 1. The van der Waals surface area contributed by atoms with Gasteiger partial charge in [-0.25, -0.2) is 0 Å². The van der Waals surface area contributed by atoms with E-state index in [0.717, 1.165) is 25.3 Å². The largest absolute Gasteiger partial charge is 0.496 e. The first kappa shape index (κ1) is 15.0. The predicted octanol–water partition coefficient (Wildman–Crippen LogP) is 1.49. The molecule has 18 heavy (non-hydrogen) atoms. The van der Waals surface area contributed by atoms with Gasteiger partial charge in [-0.3, -0.25) is 0 Å². The van der Waals surface area contributed by atoms with Gasteiger partial charge in [0.2, 0.25) is 0 Å². The van der Waals surface area contributed by atoms with Crippen molar-refractivity contribution < 1.29 is 9.47 Å². The monoisotopic (exact) mass is 252 g/mol. The highest BCUT2D eigenvalue weighted by atomic mass is 16.5. The number of hydrogen-bond donors (Lipinski definition) is 1. The summed E-state index contributed by atoms with van der Waals surface area (Å²) in [5.74, 6) is 0.937. The topological polar surface area (TPSA) is 47.7 Å². The van der Waals surface area contributed by atoms with E-state index in [1.54, 1.807) is 14.2 Å². The summed E-state index contributed by atoms with van der Waals surface area (Å²) in [4.78, 5) is 2.25. The van der Waals surface area contributed by atoms with Crippen molar-refractivity contribution in [1.29, 1.82) is 0 Å². The minimum absolute atomic E-state index is 0.144. The Morgan fingerprint density at radius 3 is 2.61 bits per heavy atom. The second-order valence-electron chi connectivity index (χ2n) is 4.43. The summed E-state index contributed by atoms with van der Waals surface area (Å²) in [7, 11) is 5.50. The molecular weight excluding hydrogens is 228 g/mol. The van der Waals surface area contributed by atoms with Gasteiger partial charge in [-0.2, -0.15) is 0 Å². The van der Waals surface area contributed by atoms with Crippen molar-refractivity contribution in [1.82, 2.24) is 4.90 Å². The Kier molecular flexibility index (Phi) is 6.72. The van der Waals surface area contributed by atoms with Crippen molar-refractivity contribution in [2.45, 2.75) is 19.1 Å². The molecular formula is C14H24N2O2. The molecule has 0 amide bonds. The van der Waals surface area contributed by atoms with Crippen molar-refractivity contribution >= 4 is 0 Å². The van der Waals surface area contributed by atoms with Crippen LogP contribution in [-0.2, 0) is 11.3 Å². The minimum Gasteiger partial charge on any atom is -0.496 e. The molecule has 0 saturated heterocycles. The van der Waals surface area contributed by atoms with E-state index in [1.165, 1.54) is 5.56 Å². The molecule has 1 aromatic rings. The van der Waals surface area contributed by atoms with Crippen LogP contribution in [0.2, 0.25) is 0 Å². The summed E-state index contributed by atoms with van der Waals surface area (Å²) in [6.45, 7) is 2.39. The number of nitrogens with zero attached hydrogens (tertiary/aromatic N) is 1. The molecule has 1 rings (SSSR count). The number of ether oxygens (including phenoxy) is 2. The van der Waals surface area contributed by atoms with Gasteiger partial charge in [0.15, 0.2) is 0 Å². The second-order valence-corrected chi connectivity index (χ2v) is 4.43. The van der Waals surface area contributed by atoms with E-state index in [4.69, 9.17) is 15.2 Å². The van der Waals surface area contributed by atoms with E-state index in [1.807, 2.05) is 18.2 Å². The minimum atomic E-state index is 0.144. The fourth-order valence-electron chi connectivity index (χ4n) is 1.90. The first-order valence-corrected chi connectivity index (χ1v) is 6.24. The zero-order valence-electron chi connectivity index (χ0n) is 11.6. The molecule has 0 saturated carbocycles. The van der Waals surface area contributed by atoms with E-state index in [-0.39, 0.29) is 6.10 Å². The van der Waals surface area contributed by atoms with Gasteiger partial charge in [-0.1, -0.05) is 18.2 Å². The van der Waals surface area contributed by atoms with E-state index < -0.39 is 0 Å². The molecule has 0 heterocycles. The van der Waals surface area contributed by atoms with Crippen molar-refractivity contribution in [3.63, 3.8) is 0 Å². The maximum atomic E-state index is 5.60. The van der Waals surface area contributed by atoms with E-state index in [9.17, 15) is 0 Å². The molecule has 0 aromatic heterocycles. The first-order chi connectivity index (χ1) is 8.71. The third kappa shape index (κ3) is 4.64. The molecule has 4 heteroatoms. The van der Waals surface area contributed by atoms with Gasteiger partial charge in [-0.15, -0.1) is 0 Å². The van der Waals surface area contributed by atoms with Crippen LogP contribution in [0.3, 0.4) is 0 Å². The normalized spacial score (nSPS) is 12.7. The molecule has 1 aromatic carbocycles. The quantitative estimate of drug-likeness (QED) is 0.761. The van der Waals surface area contributed by atoms with Gasteiger partial charge in [0.05, 0.1) is 13.2 Å². The van der Waals surface area contributed by atoms with Gasteiger partial charge < -0.3 is 20.1 Å². The molecule has 0 aliphatic carbocycles. The van der Waals surface area contributed by atoms with Crippen molar-refractivity contribution in [3.05, 3.63) is 29.8 Å². The molecule has 2 N–H and O–H groups in total. The lowest BCUT2D eigenvalue weighted by Crippen LogP contribution is -2.28. The lowest BCUT2D eigenvalue weighted by molar-refractivity contribution is 0.0918. The Balaban J connectivity index is 2.46. The van der Waals surface area contributed by atoms with Crippen LogP contribution < -0.4 is 10.5 Å². The molecule has 0 radical (unpaired) electrons. The van der Waals surface area contributed by atoms with Crippen LogP contribution in [0.5, 0.6) is 5.75 Å². The number of benzene rings is 1. The molecule has 102 valence electrons. The zero-order chi connectivity index (χ0) is 13.4. The van der Waals surface area contributed by atoms with Crippen LogP contribution in [0.1, 0.15) is 12.0 Å². The molecule has 0 bridgehead atoms. The Hall–Kier alpha value is -1.10. The average Bonchev–Trinajstić information content (AvgIpc) is 2.40. The second kappa shape index (κ2) is 8.08. The molecule has 0 fully saturated rings. The van der Waals surface area contributed by atoms with E-state index >= 15 is 0 Å². The average molecular weight is 252 g/mol. The lowest BCUT2D eigenvalue weighted by atomic mass is 10.1. The third-order valence-electron chi connectivity index (χ3n) is 3.06. The van der Waals surface area contributed by atoms with Gasteiger partial charge >= 0.3 is 0 Å². The summed E-state index contributed by atoms with van der Waals surface area (Å²) < 4.78 is 10.6. The lowest BCUT2D eigenvalue weighted by Gasteiger charge is -2.21. The Bertz CT molecular complexity index is 340. The summed E-state index contributed by atoms with van der Waals surface area (Å²) >= 11 is 0. The standard InChI is InChI=1S/C14H24N2O2/c1-16(9-8-13(10-15)17-2)11-12-6-4-5-7-14(12)18-3/h4-7,13H,8-11,15H2,1-3H3. The number of para-hydroxylation sites is 1. The summed E-state index contributed by atoms with van der Waals surface area (Å²) in [6.07, 6.45) is 1.09. The maximum Gasteiger partial charge on any atom is 0.123 e. The summed E-state index contributed by atoms with van der Waals surface area (Å²) in [5.41, 5.74) is 6.80. The van der Waals surface area contributed by atoms with Gasteiger partial charge in [-0.05, 0) is 19.5 Å².